The minimum absolute atomic E-state index is 0.196. The lowest BCUT2D eigenvalue weighted by molar-refractivity contribution is 0.0951. The second-order valence-corrected chi connectivity index (χ2v) is 4.77. The van der Waals surface area contributed by atoms with Crippen LogP contribution in [0, 0.1) is 0 Å². The third kappa shape index (κ3) is 3.99. The zero-order valence-corrected chi connectivity index (χ0v) is 12.1. The number of methoxy groups -OCH3 is 1. The van der Waals surface area contributed by atoms with Gasteiger partial charge in [0.15, 0.2) is 0 Å². The lowest BCUT2D eigenvalue weighted by atomic mass is 10.1. The summed E-state index contributed by atoms with van der Waals surface area (Å²) in [5.74, 6) is 0.300. The lowest BCUT2D eigenvalue weighted by Gasteiger charge is -2.11. The highest BCUT2D eigenvalue weighted by atomic mass is 16.5. The van der Waals surface area contributed by atoms with E-state index in [0.717, 1.165) is 12.8 Å². The molecule has 1 amide bonds. The number of carbonyl (C=O) groups excluding carboxylic acids is 1. The van der Waals surface area contributed by atoms with E-state index in [1.165, 1.54) is 12.7 Å². The second-order valence-electron chi connectivity index (χ2n) is 4.77. The van der Waals surface area contributed by atoms with Crippen LogP contribution in [0.25, 0.3) is 0 Å². The van der Waals surface area contributed by atoms with Crippen LogP contribution in [0.2, 0.25) is 0 Å². The van der Waals surface area contributed by atoms with Gasteiger partial charge in [0.2, 0.25) is 0 Å². The van der Waals surface area contributed by atoms with Crippen molar-refractivity contribution in [3.8, 4) is 5.75 Å². The summed E-state index contributed by atoms with van der Waals surface area (Å²) in [7, 11) is 1.53. The topological polar surface area (TPSA) is 64.3 Å². The fraction of sp³-hybridized carbons (Fsp3) is 0.235. The summed E-state index contributed by atoms with van der Waals surface area (Å²) in [4.78, 5) is 12.2. The molecule has 0 aliphatic heterocycles. The predicted octanol–water partition coefficient (Wildman–Crippen LogP) is 2.64. The minimum atomic E-state index is -0.196. The highest BCUT2D eigenvalue weighted by Crippen LogP contribution is 2.23. The van der Waals surface area contributed by atoms with Crippen molar-refractivity contribution in [1.29, 1.82) is 0 Å². The third-order valence-corrected chi connectivity index (χ3v) is 3.28. The highest BCUT2D eigenvalue weighted by Gasteiger charge is 2.14. The quantitative estimate of drug-likeness (QED) is 0.633. The van der Waals surface area contributed by atoms with Gasteiger partial charge in [-0.3, -0.25) is 4.79 Å². The molecule has 0 aliphatic carbocycles. The Morgan fingerprint density at radius 3 is 2.62 bits per heavy atom. The van der Waals surface area contributed by atoms with Gasteiger partial charge in [-0.25, -0.2) is 0 Å². The van der Waals surface area contributed by atoms with Gasteiger partial charge in [-0.15, -0.1) is 0 Å². The monoisotopic (exact) mass is 284 g/mol. The molecule has 4 nitrogen and oxygen atoms in total. The molecule has 21 heavy (non-hydrogen) atoms. The molecular weight excluding hydrogens is 264 g/mol. The standard InChI is InChI=1S/C17H20N2O2/c1-21-15-11-5-10-14(18)16(15)17(20)19-12-6-9-13-7-3-2-4-8-13/h2-5,7-8,10-11H,6,9,12,18H2,1H3,(H,19,20). The van der Waals surface area contributed by atoms with Crippen molar-refractivity contribution in [3.63, 3.8) is 0 Å². The summed E-state index contributed by atoms with van der Waals surface area (Å²) in [6.45, 7) is 0.602. The first-order valence-corrected chi connectivity index (χ1v) is 6.97. The first-order chi connectivity index (χ1) is 10.2. The van der Waals surface area contributed by atoms with Crippen LogP contribution in [0.4, 0.5) is 5.69 Å². The van der Waals surface area contributed by atoms with Crippen LogP contribution in [0.3, 0.4) is 0 Å². The van der Waals surface area contributed by atoms with Crippen molar-refractivity contribution in [2.45, 2.75) is 12.8 Å². The molecule has 0 heterocycles. The van der Waals surface area contributed by atoms with Gasteiger partial charge in [-0.2, -0.15) is 0 Å². The van der Waals surface area contributed by atoms with E-state index >= 15 is 0 Å². The van der Waals surface area contributed by atoms with E-state index in [-0.39, 0.29) is 5.91 Å². The fourth-order valence-corrected chi connectivity index (χ4v) is 2.19. The number of nitrogens with one attached hydrogen (secondary N) is 1. The molecule has 0 spiro atoms. The Kier molecular flexibility index (Phi) is 5.21. The summed E-state index contributed by atoms with van der Waals surface area (Å²) in [5, 5.41) is 2.89. The molecule has 2 aromatic rings. The molecule has 0 aliphatic rings. The van der Waals surface area contributed by atoms with Gasteiger partial charge < -0.3 is 15.8 Å². The third-order valence-electron chi connectivity index (χ3n) is 3.28. The van der Waals surface area contributed by atoms with Gasteiger partial charge in [0.05, 0.1) is 7.11 Å². The van der Waals surface area contributed by atoms with Crippen molar-refractivity contribution >= 4 is 11.6 Å². The lowest BCUT2D eigenvalue weighted by Crippen LogP contribution is -2.26. The van der Waals surface area contributed by atoms with Crippen LogP contribution in [0.15, 0.2) is 48.5 Å². The van der Waals surface area contributed by atoms with Crippen LogP contribution >= 0.6 is 0 Å². The maximum atomic E-state index is 12.2. The summed E-state index contributed by atoms with van der Waals surface area (Å²) in [6, 6.07) is 15.4. The summed E-state index contributed by atoms with van der Waals surface area (Å²) in [5.41, 5.74) is 7.95. The number of hydrogen-bond acceptors (Lipinski definition) is 3. The normalized spacial score (nSPS) is 10.1. The Morgan fingerprint density at radius 1 is 1.14 bits per heavy atom. The molecule has 0 radical (unpaired) electrons. The smallest absolute Gasteiger partial charge is 0.257 e. The van der Waals surface area contributed by atoms with E-state index < -0.39 is 0 Å². The molecule has 2 rings (SSSR count). The van der Waals surface area contributed by atoms with Gasteiger partial charge >= 0.3 is 0 Å². The molecular formula is C17H20N2O2. The maximum Gasteiger partial charge on any atom is 0.257 e. The first kappa shape index (κ1) is 14.9. The van der Waals surface area contributed by atoms with E-state index in [9.17, 15) is 4.79 Å². The van der Waals surface area contributed by atoms with Crippen molar-refractivity contribution in [2.24, 2.45) is 0 Å². The predicted molar refractivity (Wildman–Crippen MR) is 84.5 cm³/mol. The van der Waals surface area contributed by atoms with Gasteiger partial charge in [-0.05, 0) is 30.5 Å². The summed E-state index contributed by atoms with van der Waals surface area (Å²) < 4.78 is 5.18. The van der Waals surface area contributed by atoms with Gasteiger partial charge in [0.1, 0.15) is 11.3 Å². The molecule has 0 aromatic heterocycles. The molecule has 0 atom stereocenters. The van der Waals surface area contributed by atoms with Crippen molar-refractivity contribution in [1.82, 2.24) is 5.32 Å². The maximum absolute atomic E-state index is 12.2. The molecule has 2 aromatic carbocycles. The number of carbonyl (C=O) groups is 1. The highest BCUT2D eigenvalue weighted by molar-refractivity contribution is 6.01. The SMILES string of the molecule is COc1cccc(N)c1C(=O)NCCCc1ccccc1. The van der Waals surface area contributed by atoms with Gasteiger partial charge in [0.25, 0.3) is 5.91 Å². The molecule has 0 unspecified atom stereocenters. The van der Waals surface area contributed by atoms with Crippen LogP contribution < -0.4 is 15.8 Å². The summed E-state index contributed by atoms with van der Waals surface area (Å²) >= 11 is 0. The van der Waals surface area contributed by atoms with Gasteiger partial charge in [-0.1, -0.05) is 36.4 Å². The van der Waals surface area contributed by atoms with Crippen molar-refractivity contribution in [3.05, 3.63) is 59.7 Å². The number of aryl methyl sites for hydroxylation is 1. The number of anilines is 1. The molecule has 4 heteroatoms. The number of benzene rings is 2. The molecule has 0 bridgehead atoms. The van der Waals surface area contributed by atoms with Crippen molar-refractivity contribution in [2.75, 3.05) is 19.4 Å². The molecule has 0 saturated carbocycles. The average Bonchev–Trinajstić information content (AvgIpc) is 2.52. The van der Waals surface area contributed by atoms with Crippen LogP contribution in [-0.2, 0) is 6.42 Å². The van der Waals surface area contributed by atoms with E-state index in [4.69, 9.17) is 10.5 Å². The first-order valence-electron chi connectivity index (χ1n) is 6.97. The zero-order chi connectivity index (χ0) is 15.1. The van der Waals surface area contributed by atoms with E-state index in [0.29, 0.717) is 23.5 Å². The van der Waals surface area contributed by atoms with Crippen LogP contribution in [0.1, 0.15) is 22.3 Å². The van der Waals surface area contributed by atoms with Gasteiger partial charge in [0, 0.05) is 12.2 Å². The Labute approximate surface area is 124 Å². The van der Waals surface area contributed by atoms with E-state index in [1.54, 1.807) is 18.2 Å². The Morgan fingerprint density at radius 2 is 1.90 bits per heavy atom. The van der Waals surface area contributed by atoms with Crippen LogP contribution in [-0.4, -0.2) is 19.6 Å². The van der Waals surface area contributed by atoms with E-state index in [1.807, 2.05) is 18.2 Å². The Balaban J connectivity index is 1.88. The van der Waals surface area contributed by atoms with Crippen molar-refractivity contribution < 1.29 is 9.53 Å². The fourth-order valence-electron chi connectivity index (χ4n) is 2.19. The molecule has 3 N–H and O–H groups in total. The number of nitrogen functional groups attached to an aromatic ring is 1. The largest absolute Gasteiger partial charge is 0.496 e. The summed E-state index contributed by atoms with van der Waals surface area (Å²) in [6.07, 6.45) is 1.81. The molecule has 0 saturated heterocycles. The number of ether oxygens (including phenoxy) is 1. The number of amides is 1. The van der Waals surface area contributed by atoms with Crippen LogP contribution in [0.5, 0.6) is 5.75 Å². The number of rotatable bonds is 6. The Hall–Kier alpha value is -2.49. The van der Waals surface area contributed by atoms with E-state index in [2.05, 4.69) is 17.4 Å². The second kappa shape index (κ2) is 7.33. The average molecular weight is 284 g/mol. The number of nitrogens with two attached hydrogens (primary N) is 1. The molecule has 0 fully saturated rings. The number of hydrogen-bond donors (Lipinski definition) is 2. The zero-order valence-electron chi connectivity index (χ0n) is 12.1. The Bertz CT molecular complexity index is 597. The molecule has 110 valence electrons. The minimum Gasteiger partial charge on any atom is -0.496 e.